The second-order valence-electron chi connectivity index (χ2n) is 3.17. The minimum atomic E-state index is -1.29. The molecular formula is C12H10N2O4. The van der Waals surface area contributed by atoms with Gasteiger partial charge in [-0.05, 0) is 12.1 Å². The Bertz CT molecular complexity index is 543. The molecule has 0 aromatic heterocycles. The molecule has 18 heavy (non-hydrogen) atoms. The first-order valence-corrected chi connectivity index (χ1v) is 4.87. The Morgan fingerprint density at radius 1 is 1.44 bits per heavy atom. The third-order valence-corrected chi connectivity index (χ3v) is 1.99. The smallest absolute Gasteiger partial charge is 0.354 e. The highest BCUT2D eigenvalue weighted by atomic mass is 16.5. The molecule has 1 aromatic rings. The molecule has 0 aliphatic carbocycles. The van der Waals surface area contributed by atoms with Crippen molar-refractivity contribution in [3.05, 3.63) is 41.6 Å². The predicted octanol–water partition coefficient (Wildman–Crippen LogP) is 1.11. The third kappa shape index (κ3) is 3.35. The summed E-state index contributed by atoms with van der Waals surface area (Å²) >= 11 is 0. The van der Waals surface area contributed by atoms with Crippen LogP contribution < -0.4 is 5.32 Å². The fourth-order valence-electron chi connectivity index (χ4n) is 1.21. The van der Waals surface area contributed by atoms with Crippen LogP contribution in [0.15, 0.2) is 36.0 Å². The summed E-state index contributed by atoms with van der Waals surface area (Å²) in [6.07, 6.45) is 0.681. The zero-order chi connectivity index (χ0) is 13.5. The Morgan fingerprint density at radius 2 is 2.11 bits per heavy atom. The standard InChI is InChI=1S/C12H10N2O4/c1-18-12(17)10(6-11(15)16)14-9-5-3-2-4-8(9)7-13/h2-6,14H,1H3,(H,15,16). The third-order valence-electron chi connectivity index (χ3n) is 1.99. The van der Waals surface area contributed by atoms with Gasteiger partial charge in [-0.15, -0.1) is 0 Å². The van der Waals surface area contributed by atoms with Crippen molar-refractivity contribution in [2.24, 2.45) is 0 Å². The molecule has 0 bridgehead atoms. The van der Waals surface area contributed by atoms with Crippen molar-refractivity contribution in [2.45, 2.75) is 0 Å². The molecule has 1 rings (SSSR count). The molecule has 0 fully saturated rings. The molecule has 0 heterocycles. The molecule has 0 aliphatic heterocycles. The number of hydrogen-bond acceptors (Lipinski definition) is 5. The molecule has 1 aromatic carbocycles. The fourth-order valence-corrected chi connectivity index (χ4v) is 1.21. The summed E-state index contributed by atoms with van der Waals surface area (Å²) in [6, 6.07) is 8.32. The number of carboxylic acid groups (broad SMARTS) is 1. The van der Waals surface area contributed by atoms with Crippen LogP contribution in [0.2, 0.25) is 0 Å². The molecule has 0 aliphatic rings. The van der Waals surface area contributed by atoms with Crippen LogP contribution in [-0.4, -0.2) is 24.2 Å². The van der Waals surface area contributed by atoms with Crippen molar-refractivity contribution < 1.29 is 19.4 Å². The number of carboxylic acids is 1. The zero-order valence-corrected chi connectivity index (χ0v) is 9.51. The van der Waals surface area contributed by atoms with Crippen LogP contribution in [-0.2, 0) is 14.3 Å². The van der Waals surface area contributed by atoms with Crippen LogP contribution in [0, 0.1) is 11.3 Å². The topological polar surface area (TPSA) is 99.4 Å². The quantitative estimate of drug-likeness (QED) is 0.609. The number of benzene rings is 1. The Balaban J connectivity index is 3.08. The largest absolute Gasteiger partial charge is 0.478 e. The highest BCUT2D eigenvalue weighted by molar-refractivity contribution is 5.98. The van der Waals surface area contributed by atoms with E-state index in [1.165, 1.54) is 6.07 Å². The van der Waals surface area contributed by atoms with Gasteiger partial charge < -0.3 is 15.2 Å². The van der Waals surface area contributed by atoms with E-state index in [0.717, 1.165) is 7.11 Å². The van der Waals surface area contributed by atoms with Crippen LogP contribution in [0.25, 0.3) is 0 Å². The van der Waals surface area contributed by atoms with Crippen LogP contribution in [0.5, 0.6) is 0 Å². The van der Waals surface area contributed by atoms with E-state index in [0.29, 0.717) is 11.8 Å². The van der Waals surface area contributed by atoms with E-state index in [4.69, 9.17) is 10.4 Å². The molecule has 0 amide bonds. The number of nitrogens with zero attached hydrogens (tertiary/aromatic N) is 1. The van der Waals surface area contributed by atoms with Crippen molar-refractivity contribution in [3.8, 4) is 6.07 Å². The summed E-state index contributed by atoms with van der Waals surface area (Å²) in [5.41, 5.74) is 0.364. The van der Waals surface area contributed by atoms with Gasteiger partial charge in [0.25, 0.3) is 0 Å². The summed E-state index contributed by atoms with van der Waals surface area (Å²) in [6.45, 7) is 0. The Labute approximate surface area is 103 Å². The van der Waals surface area contributed by atoms with Gasteiger partial charge in [0.2, 0.25) is 0 Å². The number of hydrogen-bond donors (Lipinski definition) is 2. The minimum Gasteiger partial charge on any atom is -0.478 e. The van der Waals surface area contributed by atoms with Gasteiger partial charge in [-0.3, -0.25) is 0 Å². The number of nitriles is 1. The minimum absolute atomic E-state index is 0.257. The predicted molar refractivity (Wildman–Crippen MR) is 62.5 cm³/mol. The number of ether oxygens (including phenoxy) is 1. The van der Waals surface area contributed by atoms with E-state index >= 15 is 0 Å². The molecule has 6 nitrogen and oxygen atoms in total. The highest BCUT2D eigenvalue weighted by Crippen LogP contribution is 2.16. The summed E-state index contributed by atoms with van der Waals surface area (Å²) < 4.78 is 4.44. The first kappa shape index (κ1) is 13.3. The van der Waals surface area contributed by atoms with Gasteiger partial charge in [-0.2, -0.15) is 5.26 Å². The number of para-hydroxylation sites is 1. The first-order valence-electron chi connectivity index (χ1n) is 4.87. The van der Waals surface area contributed by atoms with Crippen LogP contribution in [0.4, 0.5) is 5.69 Å². The Kier molecular flexibility index (Phi) is 4.46. The van der Waals surface area contributed by atoms with E-state index < -0.39 is 11.9 Å². The van der Waals surface area contributed by atoms with Gasteiger partial charge in [0.15, 0.2) is 0 Å². The number of anilines is 1. The Morgan fingerprint density at radius 3 is 2.67 bits per heavy atom. The molecular weight excluding hydrogens is 236 g/mol. The maximum Gasteiger partial charge on any atom is 0.354 e. The number of rotatable bonds is 4. The van der Waals surface area contributed by atoms with Crippen molar-refractivity contribution in [1.29, 1.82) is 5.26 Å². The average molecular weight is 246 g/mol. The number of nitrogens with one attached hydrogen (secondary N) is 1. The molecule has 0 atom stereocenters. The number of methoxy groups -OCH3 is 1. The maximum absolute atomic E-state index is 11.4. The van der Waals surface area contributed by atoms with Crippen LogP contribution >= 0.6 is 0 Å². The highest BCUT2D eigenvalue weighted by Gasteiger charge is 2.13. The maximum atomic E-state index is 11.4. The number of carbonyl (C=O) groups is 2. The van der Waals surface area contributed by atoms with Gasteiger partial charge in [0, 0.05) is 0 Å². The number of carbonyl (C=O) groups excluding carboxylic acids is 1. The molecule has 0 unspecified atom stereocenters. The lowest BCUT2D eigenvalue weighted by Crippen LogP contribution is -2.15. The monoisotopic (exact) mass is 246 g/mol. The zero-order valence-electron chi connectivity index (χ0n) is 9.51. The van der Waals surface area contributed by atoms with Gasteiger partial charge in [0.1, 0.15) is 11.8 Å². The van der Waals surface area contributed by atoms with Gasteiger partial charge >= 0.3 is 11.9 Å². The molecule has 0 saturated carbocycles. The first-order chi connectivity index (χ1) is 8.58. The van der Waals surface area contributed by atoms with E-state index in [1.807, 2.05) is 6.07 Å². The lowest BCUT2D eigenvalue weighted by molar-refractivity contribution is -0.137. The number of aliphatic carboxylic acids is 1. The van der Waals surface area contributed by atoms with E-state index in [2.05, 4.69) is 10.1 Å². The lowest BCUT2D eigenvalue weighted by atomic mass is 10.2. The normalized spacial score (nSPS) is 10.3. The fraction of sp³-hybridized carbons (Fsp3) is 0.0833. The molecule has 92 valence electrons. The van der Waals surface area contributed by atoms with Crippen molar-refractivity contribution in [3.63, 3.8) is 0 Å². The van der Waals surface area contributed by atoms with Crippen LogP contribution in [0.3, 0.4) is 0 Å². The van der Waals surface area contributed by atoms with Crippen LogP contribution in [0.1, 0.15) is 5.56 Å². The van der Waals surface area contributed by atoms with Gasteiger partial charge in [-0.25, -0.2) is 9.59 Å². The van der Waals surface area contributed by atoms with E-state index in [-0.39, 0.29) is 11.3 Å². The summed E-state index contributed by atoms with van der Waals surface area (Å²) in [5.74, 6) is -2.12. The molecule has 0 radical (unpaired) electrons. The van der Waals surface area contributed by atoms with E-state index in [1.54, 1.807) is 18.2 Å². The van der Waals surface area contributed by atoms with Crippen molar-refractivity contribution in [1.82, 2.24) is 0 Å². The molecule has 6 heteroatoms. The number of esters is 1. The molecule has 0 spiro atoms. The molecule has 0 saturated heterocycles. The summed E-state index contributed by atoms with van der Waals surface area (Å²) in [7, 11) is 1.13. The van der Waals surface area contributed by atoms with Gasteiger partial charge in [0.05, 0.1) is 24.4 Å². The Hall–Kier alpha value is -2.81. The van der Waals surface area contributed by atoms with E-state index in [9.17, 15) is 9.59 Å². The summed E-state index contributed by atoms with van der Waals surface area (Å²) in [4.78, 5) is 21.9. The second-order valence-corrected chi connectivity index (χ2v) is 3.17. The van der Waals surface area contributed by atoms with Crippen molar-refractivity contribution >= 4 is 17.6 Å². The average Bonchev–Trinajstić information content (AvgIpc) is 2.37. The van der Waals surface area contributed by atoms with Gasteiger partial charge in [-0.1, -0.05) is 12.1 Å². The SMILES string of the molecule is COC(=O)C(=CC(=O)O)Nc1ccccc1C#N. The lowest BCUT2D eigenvalue weighted by Gasteiger charge is -2.09. The summed E-state index contributed by atoms with van der Waals surface area (Å²) in [5, 5.41) is 20.1. The second kappa shape index (κ2) is 6.06. The van der Waals surface area contributed by atoms with Crippen molar-refractivity contribution in [2.75, 3.05) is 12.4 Å². The molecule has 2 N–H and O–H groups in total.